The first-order valence-corrected chi connectivity index (χ1v) is 8.21. The number of furan rings is 1. The molecule has 2 heterocycles. The monoisotopic (exact) mass is 330 g/mol. The summed E-state index contributed by atoms with van der Waals surface area (Å²) in [6, 6.07) is 9.76. The molecular formula is C16H18N4O2S. The zero-order valence-electron chi connectivity index (χ0n) is 13.0. The van der Waals surface area contributed by atoms with Crippen molar-refractivity contribution >= 4 is 11.8 Å². The summed E-state index contributed by atoms with van der Waals surface area (Å²) in [5.74, 6) is 8.74. The Morgan fingerprint density at radius 2 is 2.13 bits per heavy atom. The minimum atomic E-state index is 0.507. The van der Waals surface area contributed by atoms with E-state index < -0.39 is 0 Å². The number of nitrogens with zero attached hydrogens (tertiary/aromatic N) is 3. The van der Waals surface area contributed by atoms with E-state index in [-0.39, 0.29) is 0 Å². The van der Waals surface area contributed by atoms with Crippen LogP contribution in [0.25, 0.3) is 11.6 Å². The number of nitrogen functional groups attached to an aromatic ring is 1. The van der Waals surface area contributed by atoms with Gasteiger partial charge in [-0.25, -0.2) is 4.68 Å². The van der Waals surface area contributed by atoms with Gasteiger partial charge in [-0.2, -0.15) is 0 Å². The van der Waals surface area contributed by atoms with Crippen LogP contribution < -0.4 is 10.6 Å². The second kappa shape index (κ2) is 6.78. The van der Waals surface area contributed by atoms with Gasteiger partial charge < -0.3 is 15.0 Å². The third-order valence-corrected chi connectivity index (χ3v) is 4.23. The summed E-state index contributed by atoms with van der Waals surface area (Å²) < 4.78 is 12.5. The molecule has 0 unspecified atom stereocenters. The molecule has 0 radical (unpaired) electrons. The first-order valence-electron chi connectivity index (χ1n) is 7.22. The Labute approximate surface area is 138 Å². The highest BCUT2D eigenvalue weighted by Gasteiger charge is 2.14. The molecular weight excluding hydrogens is 312 g/mol. The van der Waals surface area contributed by atoms with E-state index in [1.807, 2.05) is 19.9 Å². The third-order valence-electron chi connectivity index (χ3n) is 3.32. The normalized spacial score (nSPS) is 10.9. The quantitative estimate of drug-likeness (QED) is 0.425. The van der Waals surface area contributed by atoms with Crippen LogP contribution in [0.2, 0.25) is 0 Å². The van der Waals surface area contributed by atoms with Crippen LogP contribution in [0.15, 0.2) is 46.2 Å². The summed E-state index contributed by atoms with van der Waals surface area (Å²) >= 11 is 1.49. The summed E-state index contributed by atoms with van der Waals surface area (Å²) in [5.41, 5.74) is 2.31. The van der Waals surface area contributed by atoms with Gasteiger partial charge in [-0.3, -0.25) is 0 Å². The van der Waals surface area contributed by atoms with E-state index in [0.29, 0.717) is 23.3 Å². The van der Waals surface area contributed by atoms with E-state index in [1.54, 1.807) is 18.4 Å². The maximum atomic E-state index is 6.00. The van der Waals surface area contributed by atoms with Crippen molar-refractivity contribution in [3.8, 4) is 17.3 Å². The summed E-state index contributed by atoms with van der Waals surface area (Å²) in [6.45, 7) is 4.65. The van der Waals surface area contributed by atoms with Crippen molar-refractivity contribution in [2.24, 2.45) is 0 Å². The number of thioether (sulfide) groups is 1. The average molecular weight is 330 g/mol. The van der Waals surface area contributed by atoms with Crippen LogP contribution in [0, 0.1) is 13.8 Å². The second-order valence-electron chi connectivity index (χ2n) is 5.12. The van der Waals surface area contributed by atoms with Crippen LogP contribution in [-0.2, 0) is 0 Å². The molecule has 0 aliphatic rings. The second-order valence-corrected chi connectivity index (χ2v) is 6.18. The molecule has 0 spiro atoms. The smallest absolute Gasteiger partial charge is 0.218 e. The van der Waals surface area contributed by atoms with Crippen molar-refractivity contribution in [3.63, 3.8) is 0 Å². The molecule has 1 aromatic carbocycles. The van der Waals surface area contributed by atoms with E-state index in [2.05, 4.69) is 22.3 Å². The summed E-state index contributed by atoms with van der Waals surface area (Å²) in [7, 11) is 0. The Morgan fingerprint density at radius 3 is 2.91 bits per heavy atom. The molecule has 3 aromatic rings. The van der Waals surface area contributed by atoms with Crippen LogP contribution in [0.4, 0.5) is 0 Å². The van der Waals surface area contributed by atoms with E-state index in [9.17, 15) is 0 Å². The Morgan fingerprint density at radius 1 is 1.26 bits per heavy atom. The molecule has 0 bridgehead atoms. The van der Waals surface area contributed by atoms with E-state index in [0.717, 1.165) is 17.1 Å². The first-order chi connectivity index (χ1) is 11.1. The Balaban J connectivity index is 1.56. The standard InChI is InChI=1S/C16H18N4O2S/c1-11-5-6-12(2)14(10-11)22-8-9-23-16-19-18-15(20(16)17)13-4-3-7-21-13/h3-7,10H,8-9,17H2,1-2H3. The van der Waals surface area contributed by atoms with Gasteiger partial charge in [0, 0.05) is 5.75 Å². The molecule has 0 fully saturated rings. The number of rotatable bonds is 6. The zero-order chi connectivity index (χ0) is 16.2. The largest absolute Gasteiger partial charge is 0.492 e. The first kappa shape index (κ1) is 15.5. The number of ether oxygens (including phenoxy) is 1. The maximum absolute atomic E-state index is 6.00. The molecule has 2 N–H and O–H groups in total. The average Bonchev–Trinajstić information content (AvgIpc) is 3.17. The lowest BCUT2D eigenvalue weighted by Gasteiger charge is -2.09. The maximum Gasteiger partial charge on any atom is 0.218 e. The van der Waals surface area contributed by atoms with Crippen LogP contribution >= 0.6 is 11.8 Å². The number of hydrogen-bond donors (Lipinski definition) is 1. The lowest BCUT2D eigenvalue weighted by atomic mass is 10.1. The van der Waals surface area contributed by atoms with Crippen LogP contribution in [0.3, 0.4) is 0 Å². The van der Waals surface area contributed by atoms with Crippen molar-refractivity contribution in [3.05, 3.63) is 47.7 Å². The van der Waals surface area contributed by atoms with Gasteiger partial charge in [-0.15, -0.1) is 10.2 Å². The minimum Gasteiger partial charge on any atom is -0.492 e. The van der Waals surface area contributed by atoms with Crippen LogP contribution in [-0.4, -0.2) is 27.2 Å². The molecule has 7 heteroatoms. The Kier molecular flexibility index (Phi) is 4.57. The highest BCUT2D eigenvalue weighted by molar-refractivity contribution is 7.99. The zero-order valence-corrected chi connectivity index (χ0v) is 13.8. The Hall–Kier alpha value is -2.41. The third kappa shape index (κ3) is 3.50. The fraction of sp³-hybridized carbons (Fsp3) is 0.250. The van der Waals surface area contributed by atoms with Gasteiger partial charge in [0.2, 0.25) is 11.0 Å². The molecule has 23 heavy (non-hydrogen) atoms. The molecule has 0 saturated heterocycles. The molecule has 0 saturated carbocycles. The number of aromatic nitrogens is 3. The van der Waals surface area contributed by atoms with Gasteiger partial charge in [-0.05, 0) is 43.2 Å². The van der Waals surface area contributed by atoms with Crippen molar-refractivity contribution < 1.29 is 9.15 Å². The summed E-state index contributed by atoms with van der Waals surface area (Å²) in [5, 5.41) is 8.76. The van der Waals surface area contributed by atoms with Crippen LogP contribution in [0.1, 0.15) is 11.1 Å². The van der Waals surface area contributed by atoms with Gasteiger partial charge in [0.1, 0.15) is 5.75 Å². The highest BCUT2D eigenvalue weighted by Crippen LogP contribution is 2.23. The molecule has 2 aromatic heterocycles. The number of aryl methyl sites for hydroxylation is 2. The van der Waals surface area contributed by atoms with Gasteiger partial charge >= 0.3 is 0 Å². The van der Waals surface area contributed by atoms with Crippen molar-refractivity contribution in [2.45, 2.75) is 19.0 Å². The molecule has 0 atom stereocenters. The molecule has 120 valence electrons. The molecule has 6 nitrogen and oxygen atoms in total. The summed E-state index contributed by atoms with van der Waals surface area (Å²) in [4.78, 5) is 0. The van der Waals surface area contributed by atoms with E-state index >= 15 is 0 Å². The fourth-order valence-electron chi connectivity index (χ4n) is 2.10. The number of hydrogen-bond acceptors (Lipinski definition) is 6. The Bertz CT molecular complexity index is 783. The van der Waals surface area contributed by atoms with Crippen molar-refractivity contribution in [1.29, 1.82) is 0 Å². The number of nitrogens with two attached hydrogens (primary N) is 1. The molecule has 3 rings (SSSR count). The predicted molar refractivity (Wildman–Crippen MR) is 90.0 cm³/mol. The van der Waals surface area contributed by atoms with Crippen molar-refractivity contribution in [1.82, 2.24) is 14.9 Å². The number of benzene rings is 1. The minimum absolute atomic E-state index is 0.507. The van der Waals surface area contributed by atoms with E-state index in [1.165, 1.54) is 22.0 Å². The molecule has 0 amide bonds. The topological polar surface area (TPSA) is 79.1 Å². The van der Waals surface area contributed by atoms with Gasteiger partial charge in [0.05, 0.1) is 12.9 Å². The molecule has 0 aliphatic carbocycles. The van der Waals surface area contributed by atoms with Gasteiger partial charge in [0.25, 0.3) is 0 Å². The summed E-state index contributed by atoms with van der Waals surface area (Å²) in [6.07, 6.45) is 1.58. The van der Waals surface area contributed by atoms with E-state index in [4.69, 9.17) is 15.0 Å². The lowest BCUT2D eigenvalue weighted by Crippen LogP contribution is -2.12. The highest BCUT2D eigenvalue weighted by atomic mass is 32.2. The fourth-order valence-corrected chi connectivity index (χ4v) is 2.77. The molecule has 0 aliphatic heterocycles. The van der Waals surface area contributed by atoms with Crippen molar-refractivity contribution in [2.75, 3.05) is 18.2 Å². The predicted octanol–water partition coefficient (Wildman–Crippen LogP) is 3.04. The van der Waals surface area contributed by atoms with Gasteiger partial charge in [0.15, 0.2) is 5.76 Å². The lowest BCUT2D eigenvalue weighted by molar-refractivity contribution is 0.341. The SMILES string of the molecule is Cc1ccc(C)c(OCCSc2nnc(-c3ccco3)n2N)c1. The van der Waals surface area contributed by atoms with Crippen LogP contribution in [0.5, 0.6) is 5.75 Å². The van der Waals surface area contributed by atoms with Gasteiger partial charge in [-0.1, -0.05) is 23.9 Å².